The van der Waals surface area contributed by atoms with Gasteiger partial charge in [0.1, 0.15) is 11.3 Å². The normalized spacial score (nSPS) is 10.8. The third kappa shape index (κ3) is 3.89. The zero-order valence-electron chi connectivity index (χ0n) is 16.0. The van der Waals surface area contributed by atoms with Crippen LogP contribution in [0.5, 0.6) is 5.75 Å². The Hall–Kier alpha value is -3.87. The predicted molar refractivity (Wildman–Crippen MR) is 110 cm³/mol. The molecule has 2 aromatic carbocycles. The van der Waals surface area contributed by atoms with Crippen LogP contribution in [-0.4, -0.2) is 29.8 Å². The number of anilines is 1. The van der Waals surface area contributed by atoms with Crippen LogP contribution in [0.25, 0.3) is 22.2 Å². The number of nitrogens with zero attached hydrogens (tertiary/aromatic N) is 2. The lowest BCUT2D eigenvalue weighted by Gasteiger charge is -2.14. The van der Waals surface area contributed by atoms with Crippen LogP contribution >= 0.6 is 0 Å². The van der Waals surface area contributed by atoms with E-state index in [1.54, 1.807) is 25.2 Å². The molecule has 0 bridgehead atoms. The van der Waals surface area contributed by atoms with Crippen molar-refractivity contribution in [3.63, 3.8) is 0 Å². The van der Waals surface area contributed by atoms with Crippen molar-refractivity contribution in [2.24, 2.45) is 0 Å². The molecule has 29 heavy (non-hydrogen) atoms. The number of rotatable bonds is 5. The highest BCUT2D eigenvalue weighted by Crippen LogP contribution is 2.23. The first-order valence-electron chi connectivity index (χ1n) is 9.06. The minimum atomic E-state index is -0.394. The highest BCUT2D eigenvalue weighted by atomic mass is 16.5. The average Bonchev–Trinajstić information content (AvgIpc) is 3.22. The van der Waals surface area contributed by atoms with Gasteiger partial charge in [0.15, 0.2) is 12.4 Å². The van der Waals surface area contributed by atoms with Gasteiger partial charge in [-0.1, -0.05) is 30.3 Å². The number of likely N-dealkylation sites (N-methyl/N-ethyl adjacent to an activating group) is 1. The van der Waals surface area contributed by atoms with E-state index in [0.29, 0.717) is 17.2 Å². The predicted octanol–water partition coefficient (Wildman–Crippen LogP) is 3.53. The van der Waals surface area contributed by atoms with Crippen LogP contribution in [0.1, 0.15) is 5.56 Å². The van der Waals surface area contributed by atoms with Gasteiger partial charge in [0, 0.05) is 24.6 Å². The maximum absolute atomic E-state index is 12.5. The lowest BCUT2D eigenvalue weighted by atomic mass is 10.1. The van der Waals surface area contributed by atoms with Crippen molar-refractivity contribution in [1.82, 2.24) is 10.2 Å². The van der Waals surface area contributed by atoms with Crippen molar-refractivity contribution in [2.75, 3.05) is 18.6 Å². The maximum Gasteiger partial charge on any atom is 0.336 e. The van der Waals surface area contributed by atoms with E-state index < -0.39 is 5.63 Å². The third-order valence-electron chi connectivity index (χ3n) is 4.65. The summed E-state index contributed by atoms with van der Waals surface area (Å²) in [5.74, 6) is 0.782. The zero-order valence-corrected chi connectivity index (χ0v) is 16.0. The molecule has 4 aromatic rings. The van der Waals surface area contributed by atoms with Crippen molar-refractivity contribution in [2.45, 2.75) is 6.92 Å². The average molecular weight is 389 g/mol. The van der Waals surface area contributed by atoms with E-state index in [2.05, 4.69) is 10.2 Å². The Kier molecular flexibility index (Phi) is 4.87. The Bertz CT molecular complexity index is 1230. The van der Waals surface area contributed by atoms with Crippen molar-refractivity contribution in [3.05, 3.63) is 76.6 Å². The first-order valence-corrected chi connectivity index (χ1v) is 9.06. The SMILES string of the molecule is Cc1cc(=O)oc2ccc(OCC(=O)N(C)c3cc(-c4ccccc4)[nH]n3)cc12. The number of H-pyrrole nitrogens is 1. The van der Waals surface area contributed by atoms with Gasteiger partial charge in [-0.2, -0.15) is 5.10 Å². The number of hydrogen-bond donors (Lipinski definition) is 1. The topological polar surface area (TPSA) is 88.4 Å². The number of fused-ring (bicyclic) bond motifs is 1. The molecule has 0 fully saturated rings. The Morgan fingerprint density at radius 2 is 1.93 bits per heavy atom. The molecular weight excluding hydrogens is 370 g/mol. The Balaban J connectivity index is 1.45. The molecule has 4 rings (SSSR count). The van der Waals surface area contributed by atoms with E-state index in [4.69, 9.17) is 9.15 Å². The summed E-state index contributed by atoms with van der Waals surface area (Å²) in [6, 6.07) is 18.1. The summed E-state index contributed by atoms with van der Waals surface area (Å²) >= 11 is 0. The Labute approximate surface area is 166 Å². The first kappa shape index (κ1) is 18.5. The van der Waals surface area contributed by atoms with Crippen LogP contribution in [0, 0.1) is 6.92 Å². The minimum absolute atomic E-state index is 0.147. The summed E-state index contributed by atoms with van der Waals surface area (Å²) in [5.41, 5.74) is 2.69. The first-order chi connectivity index (χ1) is 14.0. The summed E-state index contributed by atoms with van der Waals surface area (Å²) in [5, 5.41) is 7.92. The second-order valence-corrected chi connectivity index (χ2v) is 6.65. The minimum Gasteiger partial charge on any atom is -0.484 e. The van der Waals surface area contributed by atoms with Crippen LogP contribution in [0.15, 0.2) is 69.9 Å². The fourth-order valence-corrected chi connectivity index (χ4v) is 3.01. The number of aromatic amines is 1. The number of carbonyl (C=O) groups excluding carboxylic acids is 1. The van der Waals surface area contributed by atoms with Gasteiger partial charge in [0.25, 0.3) is 5.91 Å². The number of benzene rings is 2. The summed E-state index contributed by atoms with van der Waals surface area (Å²) in [4.78, 5) is 25.4. The van der Waals surface area contributed by atoms with E-state index in [1.807, 2.05) is 43.3 Å². The fraction of sp³-hybridized carbons (Fsp3) is 0.136. The fourth-order valence-electron chi connectivity index (χ4n) is 3.01. The largest absolute Gasteiger partial charge is 0.484 e. The van der Waals surface area contributed by atoms with E-state index in [0.717, 1.165) is 22.2 Å². The number of aryl methyl sites for hydroxylation is 1. The monoisotopic (exact) mass is 389 g/mol. The molecule has 0 unspecified atom stereocenters. The molecule has 1 amide bonds. The molecule has 2 heterocycles. The van der Waals surface area contributed by atoms with Crippen molar-refractivity contribution in [3.8, 4) is 17.0 Å². The van der Waals surface area contributed by atoms with Crippen LogP contribution in [-0.2, 0) is 4.79 Å². The number of nitrogens with one attached hydrogen (secondary N) is 1. The number of amides is 1. The molecule has 0 atom stereocenters. The molecular formula is C22H19N3O4. The van der Waals surface area contributed by atoms with Crippen LogP contribution in [0.4, 0.5) is 5.82 Å². The smallest absolute Gasteiger partial charge is 0.336 e. The second-order valence-electron chi connectivity index (χ2n) is 6.65. The quantitative estimate of drug-likeness (QED) is 0.528. The molecule has 2 aromatic heterocycles. The molecule has 7 heteroatoms. The molecule has 7 nitrogen and oxygen atoms in total. The van der Waals surface area contributed by atoms with Gasteiger partial charge in [-0.3, -0.25) is 14.8 Å². The van der Waals surface area contributed by atoms with E-state index in [9.17, 15) is 9.59 Å². The molecule has 0 aliphatic carbocycles. The maximum atomic E-state index is 12.5. The van der Waals surface area contributed by atoms with E-state index in [-0.39, 0.29) is 12.5 Å². The number of ether oxygens (including phenoxy) is 1. The molecule has 1 N–H and O–H groups in total. The molecule has 0 saturated carbocycles. The summed E-state index contributed by atoms with van der Waals surface area (Å²) in [7, 11) is 1.65. The summed E-state index contributed by atoms with van der Waals surface area (Å²) in [6.07, 6.45) is 0. The Morgan fingerprint density at radius 3 is 2.72 bits per heavy atom. The van der Waals surface area contributed by atoms with E-state index >= 15 is 0 Å². The summed E-state index contributed by atoms with van der Waals surface area (Å²) < 4.78 is 10.8. The molecule has 0 saturated heterocycles. The van der Waals surface area contributed by atoms with Crippen LogP contribution < -0.4 is 15.3 Å². The molecule has 0 aliphatic rings. The Morgan fingerprint density at radius 1 is 1.14 bits per heavy atom. The van der Waals surface area contributed by atoms with Gasteiger partial charge < -0.3 is 9.15 Å². The van der Waals surface area contributed by atoms with Gasteiger partial charge in [0.05, 0.1) is 5.69 Å². The van der Waals surface area contributed by atoms with Gasteiger partial charge in [-0.05, 0) is 36.2 Å². The van der Waals surface area contributed by atoms with Crippen molar-refractivity contribution >= 4 is 22.7 Å². The molecule has 0 radical (unpaired) electrons. The number of aromatic nitrogens is 2. The second kappa shape index (κ2) is 7.63. The van der Waals surface area contributed by atoms with E-state index in [1.165, 1.54) is 11.0 Å². The highest BCUT2D eigenvalue weighted by molar-refractivity contribution is 5.93. The van der Waals surface area contributed by atoms with Crippen LogP contribution in [0.2, 0.25) is 0 Å². The molecule has 0 aliphatic heterocycles. The standard InChI is InChI=1S/C22H19N3O4/c1-14-10-22(27)29-19-9-8-16(11-17(14)19)28-13-21(26)25(2)20-12-18(23-24-20)15-6-4-3-5-7-15/h3-12H,13H2,1-2H3,(H,23,24). The third-order valence-corrected chi connectivity index (χ3v) is 4.65. The molecule has 146 valence electrons. The van der Waals surface area contributed by atoms with Gasteiger partial charge in [0.2, 0.25) is 0 Å². The summed E-state index contributed by atoms with van der Waals surface area (Å²) in [6.45, 7) is 1.68. The van der Waals surface area contributed by atoms with Crippen molar-refractivity contribution < 1.29 is 13.9 Å². The number of hydrogen-bond acceptors (Lipinski definition) is 5. The van der Waals surface area contributed by atoms with Crippen molar-refractivity contribution in [1.29, 1.82) is 0 Å². The zero-order chi connectivity index (χ0) is 20.4. The highest BCUT2D eigenvalue weighted by Gasteiger charge is 2.16. The molecule has 0 spiro atoms. The van der Waals surface area contributed by atoms with Gasteiger partial charge in [-0.15, -0.1) is 0 Å². The lowest BCUT2D eigenvalue weighted by molar-refractivity contribution is -0.120. The van der Waals surface area contributed by atoms with Gasteiger partial charge >= 0.3 is 5.63 Å². The van der Waals surface area contributed by atoms with Gasteiger partial charge in [-0.25, -0.2) is 4.79 Å². The number of carbonyl (C=O) groups is 1. The lowest BCUT2D eigenvalue weighted by Crippen LogP contribution is -2.31. The van der Waals surface area contributed by atoms with Crippen LogP contribution in [0.3, 0.4) is 0 Å².